The maximum atomic E-state index is 13.0. The number of hydrogen-bond acceptors (Lipinski definition) is 6. The van der Waals surface area contributed by atoms with Gasteiger partial charge in [0.1, 0.15) is 5.69 Å². The van der Waals surface area contributed by atoms with Crippen LogP contribution in [0.15, 0.2) is 59.7 Å². The Morgan fingerprint density at radius 2 is 1.97 bits per heavy atom. The molecule has 7 heteroatoms. The summed E-state index contributed by atoms with van der Waals surface area (Å²) in [6, 6.07) is 11.0. The van der Waals surface area contributed by atoms with Crippen LogP contribution in [-0.2, 0) is 13.1 Å². The predicted molar refractivity (Wildman–Crippen MR) is 130 cm³/mol. The van der Waals surface area contributed by atoms with Gasteiger partial charge >= 0.3 is 0 Å². The molecule has 33 heavy (non-hydrogen) atoms. The lowest BCUT2D eigenvalue weighted by atomic mass is 10.1. The van der Waals surface area contributed by atoms with Crippen LogP contribution in [0.3, 0.4) is 0 Å². The van der Waals surface area contributed by atoms with Crippen LogP contribution < -0.4 is 16.6 Å². The second-order valence-corrected chi connectivity index (χ2v) is 8.56. The molecule has 1 saturated carbocycles. The lowest BCUT2D eigenvalue weighted by molar-refractivity contribution is 0.104. The van der Waals surface area contributed by atoms with E-state index >= 15 is 0 Å². The quantitative estimate of drug-likeness (QED) is 0.388. The Hall–Kier alpha value is -3.58. The monoisotopic (exact) mass is 443 g/mol. The highest BCUT2D eigenvalue weighted by Gasteiger charge is 2.21. The summed E-state index contributed by atoms with van der Waals surface area (Å²) in [5, 5.41) is 3.10. The molecule has 0 unspecified atom stereocenters. The van der Waals surface area contributed by atoms with Crippen molar-refractivity contribution < 1.29 is 4.79 Å². The minimum Gasteiger partial charge on any atom is -0.398 e. The number of benzene rings is 1. The zero-order chi connectivity index (χ0) is 23.4. The summed E-state index contributed by atoms with van der Waals surface area (Å²) in [5.41, 5.74) is 10.5. The van der Waals surface area contributed by atoms with Gasteiger partial charge in [-0.25, -0.2) is 4.98 Å². The third-order valence-electron chi connectivity index (χ3n) is 5.90. The highest BCUT2D eigenvalue weighted by molar-refractivity contribution is 6.07. The van der Waals surface area contributed by atoms with Crippen molar-refractivity contribution in [2.24, 2.45) is 11.7 Å². The van der Waals surface area contributed by atoms with Gasteiger partial charge < -0.3 is 15.6 Å². The summed E-state index contributed by atoms with van der Waals surface area (Å²) < 4.78 is 1.71. The van der Waals surface area contributed by atoms with Crippen molar-refractivity contribution in [1.29, 1.82) is 0 Å². The number of allylic oxidation sites excluding steroid dienone is 1. The van der Waals surface area contributed by atoms with Crippen LogP contribution in [0.2, 0.25) is 0 Å². The maximum absolute atomic E-state index is 13.0. The van der Waals surface area contributed by atoms with Crippen LogP contribution in [0, 0.1) is 12.8 Å². The minimum absolute atomic E-state index is 0.0350. The molecule has 0 aliphatic heterocycles. The van der Waals surface area contributed by atoms with Crippen molar-refractivity contribution in [3.8, 4) is 11.3 Å². The number of hydrogen-bond donors (Lipinski definition) is 2. The fourth-order valence-corrected chi connectivity index (χ4v) is 3.72. The molecule has 2 aromatic heterocycles. The molecule has 1 aliphatic rings. The van der Waals surface area contributed by atoms with E-state index in [0.717, 1.165) is 35.6 Å². The molecule has 0 bridgehead atoms. The molecule has 1 aliphatic carbocycles. The van der Waals surface area contributed by atoms with Gasteiger partial charge in [-0.05, 0) is 43.5 Å². The largest absolute Gasteiger partial charge is 0.398 e. The van der Waals surface area contributed by atoms with Crippen LogP contribution >= 0.6 is 0 Å². The Labute approximate surface area is 193 Å². The summed E-state index contributed by atoms with van der Waals surface area (Å²) in [7, 11) is 1.89. The fraction of sp³-hybridized carbons (Fsp3) is 0.308. The molecule has 0 amide bonds. The topological polar surface area (TPSA) is 103 Å². The number of aryl methyl sites for hydroxylation is 2. The van der Waals surface area contributed by atoms with Crippen molar-refractivity contribution in [1.82, 2.24) is 19.9 Å². The average molecular weight is 444 g/mol. The normalized spacial score (nSPS) is 13.8. The van der Waals surface area contributed by atoms with Gasteiger partial charge in [-0.2, -0.15) is 0 Å². The first-order chi connectivity index (χ1) is 15.9. The third-order valence-corrected chi connectivity index (χ3v) is 5.90. The number of nitrogens with two attached hydrogens (primary N) is 1. The highest BCUT2D eigenvalue weighted by atomic mass is 16.1. The van der Waals surface area contributed by atoms with E-state index in [2.05, 4.69) is 15.3 Å². The van der Waals surface area contributed by atoms with E-state index in [1.165, 1.54) is 18.9 Å². The van der Waals surface area contributed by atoms with Gasteiger partial charge in [0.2, 0.25) is 5.78 Å². The van der Waals surface area contributed by atoms with E-state index in [-0.39, 0.29) is 17.0 Å². The SMILES string of the molecule is CNCc1ccc(/C(N)=C/C(=O)c2nc(-c3ccc(=O)n(CCC4CC4)c3)cnc2C)cc1. The summed E-state index contributed by atoms with van der Waals surface area (Å²) >= 11 is 0. The smallest absolute Gasteiger partial charge is 0.250 e. The van der Waals surface area contributed by atoms with E-state index in [1.54, 1.807) is 36.0 Å². The van der Waals surface area contributed by atoms with Crippen molar-refractivity contribution >= 4 is 11.5 Å². The van der Waals surface area contributed by atoms with Crippen LogP contribution in [0.1, 0.15) is 46.6 Å². The van der Waals surface area contributed by atoms with Crippen molar-refractivity contribution in [3.05, 3.63) is 87.7 Å². The lowest BCUT2D eigenvalue weighted by Gasteiger charge is -2.09. The van der Waals surface area contributed by atoms with Crippen LogP contribution in [0.5, 0.6) is 0 Å². The highest BCUT2D eigenvalue weighted by Crippen LogP contribution is 2.32. The first-order valence-electron chi connectivity index (χ1n) is 11.2. The molecule has 7 nitrogen and oxygen atoms in total. The molecular formula is C26H29N5O2. The fourth-order valence-electron chi connectivity index (χ4n) is 3.72. The number of carbonyl (C=O) groups is 1. The Morgan fingerprint density at radius 1 is 1.21 bits per heavy atom. The number of pyridine rings is 1. The number of rotatable bonds is 9. The average Bonchev–Trinajstić information content (AvgIpc) is 3.64. The zero-order valence-electron chi connectivity index (χ0n) is 19.0. The molecule has 4 rings (SSSR count). The van der Waals surface area contributed by atoms with Crippen LogP contribution in [0.4, 0.5) is 0 Å². The van der Waals surface area contributed by atoms with E-state index < -0.39 is 0 Å². The summed E-state index contributed by atoms with van der Waals surface area (Å²) in [4.78, 5) is 34.2. The lowest BCUT2D eigenvalue weighted by Crippen LogP contribution is -2.19. The van der Waals surface area contributed by atoms with Crippen LogP contribution in [-0.4, -0.2) is 27.4 Å². The van der Waals surface area contributed by atoms with E-state index in [0.29, 0.717) is 23.6 Å². The number of nitrogens with zero attached hydrogens (tertiary/aromatic N) is 3. The number of carbonyl (C=O) groups excluding carboxylic acids is 1. The Kier molecular flexibility index (Phi) is 6.79. The Balaban J connectivity index is 1.57. The second kappa shape index (κ2) is 9.92. The molecule has 170 valence electrons. The van der Waals surface area contributed by atoms with Gasteiger partial charge in [-0.1, -0.05) is 37.1 Å². The van der Waals surface area contributed by atoms with Crippen molar-refractivity contribution in [2.45, 2.75) is 39.3 Å². The van der Waals surface area contributed by atoms with E-state index in [4.69, 9.17) is 5.73 Å². The molecule has 1 fully saturated rings. The van der Waals surface area contributed by atoms with E-state index in [9.17, 15) is 9.59 Å². The predicted octanol–water partition coefficient (Wildman–Crippen LogP) is 3.32. The first kappa shape index (κ1) is 22.6. The minimum atomic E-state index is -0.305. The van der Waals surface area contributed by atoms with Gasteiger partial charge in [0.25, 0.3) is 5.56 Å². The van der Waals surface area contributed by atoms with Gasteiger partial charge in [-0.3, -0.25) is 14.6 Å². The third kappa shape index (κ3) is 5.62. The van der Waals surface area contributed by atoms with Gasteiger partial charge in [0.05, 0.1) is 17.6 Å². The Morgan fingerprint density at radius 3 is 2.67 bits per heavy atom. The number of aromatic nitrogens is 3. The molecule has 3 aromatic rings. The molecule has 3 N–H and O–H groups in total. The summed E-state index contributed by atoms with van der Waals surface area (Å²) in [5.74, 6) is 0.432. The standard InChI is InChI=1S/C26H29N5O2/c1-17-26(24(32)13-22(27)20-7-5-19(6-8-20)14-28-2)30-23(15-29-17)21-9-10-25(33)31(16-21)12-11-18-3-4-18/h5-10,13,15-16,18,28H,3-4,11-12,14,27H2,1-2H3/b22-13-. The summed E-state index contributed by atoms with van der Waals surface area (Å²) in [6.07, 6.45) is 8.33. The van der Waals surface area contributed by atoms with Gasteiger partial charge in [0, 0.05) is 42.7 Å². The van der Waals surface area contributed by atoms with Crippen molar-refractivity contribution in [3.63, 3.8) is 0 Å². The van der Waals surface area contributed by atoms with E-state index in [1.807, 2.05) is 31.3 Å². The number of nitrogens with one attached hydrogen (secondary N) is 1. The molecule has 0 atom stereocenters. The Bertz CT molecular complexity index is 1240. The first-order valence-corrected chi connectivity index (χ1v) is 11.2. The molecule has 0 spiro atoms. The molecular weight excluding hydrogens is 414 g/mol. The van der Waals surface area contributed by atoms with Gasteiger partial charge in [0.15, 0.2) is 0 Å². The maximum Gasteiger partial charge on any atom is 0.250 e. The molecule has 2 heterocycles. The van der Waals surface area contributed by atoms with Crippen molar-refractivity contribution in [2.75, 3.05) is 7.05 Å². The number of ketones is 1. The second-order valence-electron chi connectivity index (χ2n) is 8.56. The summed E-state index contributed by atoms with van der Waals surface area (Å²) in [6.45, 7) is 3.20. The molecule has 0 saturated heterocycles. The molecule has 1 aromatic carbocycles. The van der Waals surface area contributed by atoms with Gasteiger partial charge in [-0.15, -0.1) is 0 Å². The molecule has 0 radical (unpaired) electrons. The van der Waals surface area contributed by atoms with Crippen LogP contribution in [0.25, 0.3) is 17.0 Å². The zero-order valence-corrected chi connectivity index (χ0v) is 19.0.